The second-order valence-electron chi connectivity index (χ2n) is 3.36. The van der Waals surface area contributed by atoms with E-state index in [-0.39, 0.29) is 0 Å². The first kappa shape index (κ1) is 8.29. The average molecular weight is 179 g/mol. The zero-order valence-electron chi connectivity index (χ0n) is 7.44. The number of nitrogens with zero attached hydrogens (tertiary/aromatic N) is 2. The van der Waals surface area contributed by atoms with Crippen molar-refractivity contribution in [2.24, 2.45) is 5.92 Å². The van der Waals surface area contributed by atoms with Gasteiger partial charge in [-0.05, 0) is 12.3 Å². The zero-order chi connectivity index (χ0) is 9.10. The van der Waals surface area contributed by atoms with Crippen LogP contribution in [0.25, 0.3) is 0 Å². The Balaban J connectivity index is 1.79. The maximum atomic E-state index is 5.47. The van der Waals surface area contributed by atoms with Crippen molar-refractivity contribution >= 4 is 5.82 Å². The quantitative estimate of drug-likeness (QED) is 0.755. The first-order chi connectivity index (χ1) is 6.34. The molecular weight excluding hydrogens is 166 g/mol. The van der Waals surface area contributed by atoms with Gasteiger partial charge in [0.25, 0.3) is 0 Å². The Morgan fingerprint density at radius 1 is 1.46 bits per heavy atom. The molecule has 4 nitrogen and oxygen atoms in total. The van der Waals surface area contributed by atoms with Gasteiger partial charge in [-0.1, -0.05) is 12.8 Å². The predicted octanol–water partition coefficient (Wildman–Crippen LogP) is 1.24. The Labute approximate surface area is 77.1 Å². The summed E-state index contributed by atoms with van der Waals surface area (Å²) in [6.07, 6.45) is 5.26. The van der Waals surface area contributed by atoms with Crippen LogP contribution in [0.1, 0.15) is 19.3 Å². The van der Waals surface area contributed by atoms with E-state index in [1.807, 2.05) is 0 Å². The molecule has 1 fully saturated rings. The van der Waals surface area contributed by atoms with Gasteiger partial charge >= 0.3 is 0 Å². The minimum Gasteiger partial charge on any atom is -0.478 e. The number of nitrogen functional groups attached to an aromatic ring is 1. The molecule has 1 heterocycles. The molecule has 0 spiro atoms. The van der Waals surface area contributed by atoms with E-state index in [9.17, 15) is 0 Å². The molecule has 2 N–H and O–H groups in total. The molecule has 0 radical (unpaired) electrons. The van der Waals surface area contributed by atoms with Crippen LogP contribution in [0.15, 0.2) is 12.4 Å². The summed E-state index contributed by atoms with van der Waals surface area (Å²) in [6, 6.07) is 1.65. The molecule has 1 aliphatic carbocycles. The van der Waals surface area contributed by atoms with Gasteiger partial charge in [-0.3, -0.25) is 0 Å². The zero-order valence-corrected chi connectivity index (χ0v) is 7.44. The highest BCUT2D eigenvalue weighted by atomic mass is 16.5. The topological polar surface area (TPSA) is 61.0 Å². The molecule has 2 rings (SSSR count). The van der Waals surface area contributed by atoms with E-state index in [1.165, 1.54) is 19.2 Å². The van der Waals surface area contributed by atoms with Gasteiger partial charge in [0.1, 0.15) is 12.1 Å². The van der Waals surface area contributed by atoms with Crippen molar-refractivity contribution in [3.8, 4) is 5.88 Å². The molecule has 0 atom stereocenters. The van der Waals surface area contributed by atoms with Gasteiger partial charge in [-0.25, -0.2) is 9.97 Å². The number of hydrogen-bond acceptors (Lipinski definition) is 4. The molecule has 0 saturated heterocycles. The highest BCUT2D eigenvalue weighted by Crippen LogP contribution is 2.32. The number of nitrogens with two attached hydrogens (primary N) is 1. The van der Waals surface area contributed by atoms with Crippen molar-refractivity contribution in [3.05, 3.63) is 12.4 Å². The lowest BCUT2D eigenvalue weighted by molar-refractivity contribution is 0.291. The summed E-state index contributed by atoms with van der Waals surface area (Å²) in [5.74, 6) is 1.92. The highest BCUT2D eigenvalue weighted by Gasteiger charge is 2.20. The van der Waals surface area contributed by atoms with E-state index >= 15 is 0 Å². The fourth-order valence-electron chi connectivity index (χ4n) is 1.17. The SMILES string of the molecule is Nc1cc(OCCC2CC2)ncn1. The van der Waals surface area contributed by atoms with Crippen LogP contribution in [0.4, 0.5) is 5.82 Å². The van der Waals surface area contributed by atoms with E-state index in [1.54, 1.807) is 6.07 Å². The van der Waals surface area contributed by atoms with E-state index in [0.717, 1.165) is 18.9 Å². The molecular formula is C9H13N3O. The lowest BCUT2D eigenvalue weighted by Gasteiger charge is -2.03. The minimum absolute atomic E-state index is 0.455. The molecule has 1 saturated carbocycles. The summed E-state index contributed by atoms with van der Waals surface area (Å²) >= 11 is 0. The normalized spacial score (nSPS) is 15.7. The molecule has 1 aliphatic rings. The van der Waals surface area contributed by atoms with Crippen LogP contribution in [-0.4, -0.2) is 16.6 Å². The van der Waals surface area contributed by atoms with Crippen LogP contribution < -0.4 is 10.5 Å². The first-order valence-electron chi connectivity index (χ1n) is 4.55. The van der Waals surface area contributed by atoms with Crippen molar-refractivity contribution in [1.29, 1.82) is 0 Å². The third-order valence-electron chi connectivity index (χ3n) is 2.14. The van der Waals surface area contributed by atoms with Crippen LogP contribution in [0.3, 0.4) is 0 Å². The summed E-state index contributed by atoms with van der Waals surface area (Å²) < 4.78 is 5.41. The maximum Gasteiger partial charge on any atom is 0.218 e. The van der Waals surface area contributed by atoms with Crippen LogP contribution in [0, 0.1) is 5.92 Å². The molecule has 4 heteroatoms. The lowest BCUT2D eigenvalue weighted by Crippen LogP contribution is -2.01. The van der Waals surface area contributed by atoms with Crippen molar-refractivity contribution in [2.45, 2.75) is 19.3 Å². The molecule has 13 heavy (non-hydrogen) atoms. The second kappa shape index (κ2) is 3.60. The number of hydrogen-bond donors (Lipinski definition) is 1. The fraction of sp³-hybridized carbons (Fsp3) is 0.556. The molecule has 1 aromatic heterocycles. The van der Waals surface area contributed by atoms with Gasteiger partial charge in [0, 0.05) is 6.07 Å². The molecule has 70 valence electrons. The van der Waals surface area contributed by atoms with Crippen LogP contribution >= 0.6 is 0 Å². The van der Waals surface area contributed by atoms with Gasteiger partial charge in [-0.15, -0.1) is 0 Å². The van der Waals surface area contributed by atoms with Crippen molar-refractivity contribution in [3.63, 3.8) is 0 Å². The van der Waals surface area contributed by atoms with E-state index in [2.05, 4.69) is 9.97 Å². The van der Waals surface area contributed by atoms with Gasteiger partial charge in [-0.2, -0.15) is 0 Å². The molecule has 1 aromatic rings. The Morgan fingerprint density at radius 3 is 3.00 bits per heavy atom. The average Bonchev–Trinajstić information content (AvgIpc) is 2.88. The Kier molecular flexibility index (Phi) is 2.29. The largest absolute Gasteiger partial charge is 0.478 e. The van der Waals surface area contributed by atoms with Gasteiger partial charge in [0.15, 0.2) is 0 Å². The van der Waals surface area contributed by atoms with Crippen LogP contribution in [0.5, 0.6) is 5.88 Å². The second-order valence-corrected chi connectivity index (χ2v) is 3.36. The standard InChI is InChI=1S/C9H13N3O/c10-8-5-9(12-6-11-8)13-4-3-7-1-2-7/h5-7H,1-4H2,(H2,10,11,12). The summed E-state index contributed by atoms with van der Waals surface area (Å²) in [5, 5.41) is 0. The Morgan fingerprint density at radius 2 is 2.31 bits per heavy atom. The third-order valence-corrected chi connectivity index (χ3v) is 2.14. The Hall–Kier alpha value is -1.32. The van der Waals surface area contributed by atoms with Crippen LogP contribution in [0.2, 0.25) is 0 Å². The lowest BCUT2D eigenvalue weighted by atomic mass is 10.3. The van der Waals surface area contributed by atoms with Crippen molar-refractivity contribution in [1.82, 2.24) is 9.97 Å². The van der Waals surface area contributed by atoms with E-state index in [4.69, 9.17) is 10.5 Å². The summed E-state index contributed by atoms with van der Waals surface area (Å²) in [7, 11) is 0. The van der Waals surface area contributed by atoms with Gasteiger partial charge in [0.05, 0.1) is 6.61 Å². The molecule has 0 aromatic carbocycles. The number of ether oxygens (including phenoxy) is 1. The molecule has 0 unspecified atom stereocenters. The van der Waals surface area contributed by atoms with Crippen molar-refractivity contribution in [2.75, 3.05) is 12.3 Å². The maximum absolute atomic E-state index is 5.47. The number of aromatic nitrogens is 2. The number of rotatable bonds is 4. The summed E-state index contributed by atoms with van der Waals surface area (Å²) in [4.78, 5) is 7.73. The van der Waals surface area contributed by atoms with E-state index < -0.39 is 0 Å². The molecule has 0 aliphatic heterocycles. The van der Waals surface area contributed by atoms with Crippen LogP contribution in [-0.2, 0) is 0 Å². The smallest absolute Gasteiger partial charge is 0.218 e. The summed E-state index contributed by atoms with van der Waals surface area (Å²) in [5.41, 5.74) is 5.47. The highest BCUT2D eigenvalue weighted by molar-refractivity contribution is 5.30. The minimum atomic E-state index is 0.455. The van der Waals surface area contributed by atoms with Gasteiger partial charge in [0.2, 0.25) is 5.88 Å². The Bertz CT molecular complexity index is 286. The summed E-state index contributed by atoms with van der Waals surface area (Å²) in [6.45, 7) is 0.737. The number of anilines is 1. The fourth-order valence-corrected chi connectivity index (χ4v) is 1.17. The van der Waals surface area contributed by atoms with E-state index in [0.29, 0.717) is 11.7 Å². The molecule has 0 bridgehead atoms. The monoisotopic (exact) mass is 179 g/mol. The third kappa shape index (κ3) is 2.57. The van der Waals surface area contributed by atoms with Gasteiger partial charge < -0.3 is 10.5 Å². The molecule has 0 amide bonds. The predicted molar refractivity (Wildman–Crippen MR) is 49.3 cm³/mol. The first-order valence-corrected chi connectivity index (χ1v) is 4.55. The van der Waals surface area contributed by atoms with Crippen molar-refractivity contribution < 1.29 is 4.74 Å².